The third kappa shape index (κ3) is 4.72. The third-order valence-electron chi connectivity index (χ3n) is 4.25. The monoisotopic (exact) mass is 641 g/mol. The molecule has 0 saturated heterocycles. The van der Waals surface area contributed by atoms with Crippen LogP contribution in [0.5, 0.6) is 0 Å². The Morgan fingerprint density at radius 3 is 1.16 bits per heavy atom. The quantitative estimate of drug-likeness (QED) is 0.283. The summed E-state index contributed by atoms with van der Waals surface area (Å²) in [5, 5.41) is -1.80. The van der Waals surface area contributed by atoms with Crippen molar-refractivity contribution in [2.24, 2.45) is 0 Å². The summed E-state index contributed by atoms with van der Waals surface area (Å²) in [7, 11) is 0. The van der Waals surface area contributed by atoms with E-state index in [9.17, 15) is 79.4 Å². The van der Waals surface area contributed by atoms with E-state index < -0.39 is 74.3 Å². The van der Waals surface area contributed by atoms with E-state index in [0.717, 1.165) is 0 Å². The van der Waals surface area contributed by atoms with Gasteiger partial charge >= 0.3 is 53.5 Å². The van der Waals surface area contributed by atoms with Crippen LogP contribution < -0.4 is 5.32 Å². The maximum atomic E-state index is 13.9. The Kier molecular flexibility index (Phi) is 8.34. The molecule has 0 unspecified atom stereocenters. The SMILES string of the molecule is O=C(Nc1c(Cl)cc(Cl)cc1Cl)C(F)(F)C(F)(F)C(F)(F)C(F)(F)C(F)(F)C(F)(F)C(F)(F)C(F)(F)F. The number of halogens is 20. The van der Waals surface area contributed by atoms with Crippen molar-refractivity contribution in [3.63, 3.8) is 0 Å². The van der Waals surface area contributed by atoms with Crippen molar-refractivity contribution in [3.8, 4) is 0 Å². The van der Waals surface area contributed by atoms with Crippen molar-refractivity contribution in [1.29, 1.82) is 0 Å². The van der Waals surface area contributed by atoms with Crippen LogP contribution in [0, 0.1) is 0 Å². The summed E-state index contributed by atoms with van der Waals surface area (Å²) in [5.41, 5.74) is -1.34. The minimum atomic E-state index is -8.80. The van der Waals surface area contributed by atoms with Gasteiger partial charge < -0.3 is 5.32 Å². The second kappa shape index (κ2) is 9.24. The van der Waals surface area contributed by atoms with Crippen molar-refractivity contribution in [2.75, 3.05) is 5.32 Å². The van der Waals surface area contributed by atoms with Crippen LogP contribution in [0.25, 0.3) is 0 Å². The predicted molar refractivity (Wildman–Crippen MR) is 90.8 cm³/mol. The van der Waals surface area contributed by atoms with E-state index in [4.69, 9.17) is 34.8 Å². The van der Waals surface area contributed by atoms with Gasteiger partial charge in [-0.2, -0.15) is 74.6 Å². The van der Waals surface area contributed by atoms with Crippen molar-refractivity contribution in [3.05, 3.63) is 27.2 Å². The second-order valence-corrected chi connectivity index (χ2v) is 7.97. The van der Waals surface area contributed by atoms with Gasteiger partial charge in [0, 0.05) is 5.02 Å². The molecule has 1 rings (SSSR count). The van der Waals surface area contributed by atoms with Gasteiger partial charge in [0.15, 0.2) is 0 Å². The van der Waals surface area contributed by atoms with Crippen molar-refractivity contribution in [1.82, 2.24) is 0 Å². The summed E-state index contributed by atoms with van der Waals surface area (Å²) in [6, 6.07) is 1.10. The zero-order valence-corrected chi connectivity index (χ0v) is 18.4. The number of nitrogens with one attached hydrogen (secondary N) is 1. The zero-order valence-electron chi connectivity index (χ0n) is 16.1. The number of alkyl halides is 17. The van der Waals surface area contributed by atoms with Crippen LogP contribution in [0.4, 0.5) is 80.3 Å². The lowest BCUT2D eigenvalue weighted by atomic mass is 9.89. The molecule has 1 N–H and O–H groups in total. The lowest BCUT2D eigenvalue weighted by Gasteiger charge is -2.42. The molecule has 0 heterocycles. The highest BCUT2D eigenvalue weighted by Crippen LogP contribution is 2.64. The first-order valence-corrected chi connectivity index (χ1v) is 9.27. The maximum Gasteiger partial charge on any atom is 0.460 e. The van der Waals surface area contributed by atoms with Crippen molar-refractivity contribution < 1.29 is 79.4 Å². The lowest BCUT2D eigenvalue weighted by Crippen LogP contribution is -2.75. The van der Waals surface area contributed by atoms with Crippen LogP contribution in [-0.4, -0.2) is 53.5 Å². The maximum absolute atomic E-state index is 13.9. The van der Waals surface area contributed by atoms with Gasteiger partial charge in [-0.25, -0.2) is 0 Å². The molecule has 0 saturated carbocycles. The normalized spacial score (nSPS) is 15.1. The van der Waals surface area contributed by atoms with E-state index in [1.165, 1.54) is 0 Å². The van der Waals surface area contributed by atoms with Gasteiger partial charge in [-0.15, -0.1) is 0 Å². The third-order valence-corrected chi connectivity index (χ3v) is 5.07. The number of benzene rings is 1. The first-order chi connectivity index (χ1) is 16.0. The Morgan fingerprint density at radius 1 is 0.541 bits per heavy atom. The molecule has 0 spiro atoms. The van der Waals surface area contributed by atoms with E-state index in [0.29, 0.717) is 17.4 Å². The van der Waals surface area contributed by atoms with Gasteiger partial charge in [0.1, 0.15) is 0 Å². The molecule has 0 atom stereocenters. The summed E-state index contributed by atoms with van der Waals surface area (Å²) >= 11 is 16.1. The molecular weight excluding hydrogens is 639 g/mol. The Labute approximate surface area is 206 Å². The molecule has 1 amide bonds. The summed E-state index contributed by atoms with van der Waals surface area (Å²) in [5.74, 6) is -62.4. The van der Waals surface area contributed by atoms with Gasteiger partial charge in [-0.3, -0.25) is 4.79 Å². The number of hydrogen-bond acceptors (Lipinski definition) is 1. The molecule has 0 aliphatic rings. The minimum absolute atomic E-state index is 0.421. The molecule has 0 bridgehead atoms. The molecule has 214 valence electrons. The van der Waals surface area contributed by atoms with E-state index in [-0.39, 0.29) is 0 Å². The fraction of sp³-hybridized carbons (Fsp3) is 0.533. The van der Waals surface area contributed by atoms with Gasteiger partial charge in [-0.1, -0.05) is 34.8 Å². The van der Waals surface area contributed by atoms with Crippen LogP contribution in [0.1, 0.15) is 0 Å². The molecule has 37 heavy (non-hydrogen) atoms. The van der Waals surface area contributed by atoms with Crippen LogP contribution in [0.2, 0.25) is 15.1 Å². The molecule has 0 aliphatic carbocycles. The second-order valence-electron chi connectivity index (χ2n) is 6.72. The van der Waals surface area contributed by atoms with Gasteiger partial charge in [0.05, 0.1) is 15.7 Å². The first-order valence-electron chi connectivity index (χ1n) is 8.14. The highest BCUT2D eigenvalue weighted by Gasteiger charge is 2.95. The summed E-state index contributed by atoms with van der Waals surface area (Å²) in [4.78, 5) is 11.5. The Hall–Kier alpha value is -1.63. The first kappa shape index (κ1) is 33.4. The summed E-state index contributed by atoms with van der Waals surface area (Å²) in [6.07, 6.45) is -7.87. The smallest absolute Gasteiger partial charge is 0.318 e. The highest BCUT2D eigenvalue weighted by atomic mass is 35.5. The fourth-order valence-electron chi connectivity index (χ4n) is 2.16. The standard InChI is InChI=1S/C15H3Cl3F17NO/c16-3-1-4(17)6(5(18)2-3)36-7(37)8(19,20)9(21,22)10(23,24)11(25,26)12(27,28)13(29,30)14(31,32)15(33,34)35/h1-2H,(H,36,37). The zero-order chi connectivity index (χ0) is 30.0. The Bertz CT molecular complexity index is 1030. The Morgan fingerprint density at radius 2 is 0.838 bits per heavy atom. The lowest BCUT2D eigenvalue weighted by molar-refractivity contribution is -0.459. The van der Waals surface area contributed by atoms with Gasteiger partial charge in [-0.05, 0) is 12.1 Å². The molecule has 0 fully saturated rings. The van der Waals surface area contributed by atoms with E-state index >= 15 is 0 Å². The summed E-state index contributed by atoms with van der Waals surface area (Å²) < 4.78 is 225. The number of hydrogen-bond donors (Lipinski definition) is 1. The predicted octanol–water partition coefficient (Wildman–Crippen LogP) is 8.59. The van der Waals surface area contributed by atoms with Crippen LogP contribution >= 0.6 is 34.8 Å². The van der Waals surface area contributed by atoms with Crippen molar-refractivity contribution >= 4 is 46.4 Å². The number of anilines is 1. The number of carbonyl (C=O) groups is 1. The number of carbonyl (C=O) groups excluding carboxylic acids is 1. The van der Waals surface area contributed by atoms with Gasteiger partial charge in [0.2, 0.25) is 0 Å². The molecule has 1 aromatic carbocycles. The van der Waals surface area contributed by atoms with Crippen LogP contribution in [0.3, 0.4) is 0 Å². The van der Waals surface area contributed by atoms with E-state index in [2.05, 4.69) is 0 Å². The van der Waals surface area contributed by atoms with E-state index in [1.54, 1.807) is 0 Å². The molecular formula is C15H3Cl3F17NO. The summed E-state index contributed by atoms with van der Waals surface area (Å²) in [6.45, 7) is 0. The van der Waals surface area contributed by atoms with Gasteiger partial charge in [0.25, 0.3) is 0 Å². The number of amides is 1. The molecule has 0 aliphatic heterocycles. The van der Waals surface area contributed by atoms with Crippen molar-refractivity contribution in [2.45, 2.75) is 47.6 Å². The molecule has 22 heteroatoms. The molecule has 0 aromatic heterocycles. The largest absolute Gasteiger partial charge is 0.460 e. The average molecular weight is 643 g/mol. The Balaban J connectivity index is 3.64. The number of rotatable bonds is 8. The fourth-order valence-corrected chi connectivity index (χ4v) is 3.07. The average Bonchev–Trinajstić information content (AvgIpc) is 2.68. The minimum Gasteiger partial charge on any atom is -0.318 e. The van der Waals surface area contributed by atoms with E-state index in [1.807, 2.05) is 0 Å². The topological polar surface area (TPSA) is 29.1 Å². The highest BCUT2D eigenvalue weighted by molar-refractivity contribution is 6.42. The molecule has 1 aromatic rings. The van der Waals surface area contributed by atoms with Crippen LogP contribution in [-0.2, 0) is 4.79 Å². The molecule has 0 radical (unpaired) electrons. The molecule has 2 nitrogen and oxygen atoms in total. The van der Waals surface area contributed by atoms with Crippen LogP contribution in [0.15, 0.2) is 12.1 Å².